The number of amides is 2. The van der Waals surface area contributed by atoms with E-state index in [1.54, 1.807) is 6.08 Å². The van der Waals surface area contributed by atoms with Crippen molar-refractivity contribution in [3.8, 4) is 0 Å². The molecular weight excluding hydrogens is 400 g/mol. The third-order valence-corrected chi connectivity index (χ3v) is 5.96. The molecule has 2 aromatic carbocycles. The smallest absolute Gasteiger partial charge is 0.266 e. The van der Waals surface area contributed by atoms with Crippen LogP contribution in [0.3, 0.4) is 0 Å². The van der Waals surface area contributed by atoms with Gasteiger partial charge >= 0.3 is 0 Å². The number of thioether (sulfide) groups is 1. The Balaban J connectivity index is 1.55. The third kappa shape index (κ3) is 5.65. The molecule has 3 rings (SSSR count). The quantitative estimate of drug-likeness (QED) is 0.520. The highest BCUT2D eigenvalue weighted by Crippen LogP contribution is 2.31. The first kappa shape index (κ1) is 21.0. The van der Waals surface area contributed by atoms with Crippen molar-refractivity contribution in [2.24, 2.45) is 0 Å². The number of carbonyl (C=O) groups excluding carboxylic acids is 2. The molecular formula is C23H22N2O2S2. The Morgan fingerprint density at radius 2 is 1.90 bits per heavy atom. The average Bonchev–Trinajstić information content (AvgIpc) is 2.97. The summed E-state index contributed by atoms with van der Waals surface area (Å²) < 4.78 is 0.480. The monoisotopic (exact) mass is 422 g/mol. The Bertz CT molecular complexity index is 997. The van der Waals surface area contributed by atoms with Crippen molar-refractivity contribution in [1.82, 2.24) is 4.90 Å². The predicted octanol–water partition coefficient (Wildman–Crippen LogP) is 5.09. The highest BCUT2D eigenvalue weighted by atomic mass is 32.2. The first-order valence-electron chi connectivity index (χ1n) is 9.28. The topological polar surface area (TPSA) is 49.4 Å². The molecule has 0 unspecified atom stereocenters. The van der Waals surface area contributed by atoms with Crippen molar-refractivity contribution >= 4 is 51.9 Å². The molecule has 0 bridgehead atoms. The summed E-state index contributed by atoms with van der Waals surface area (Å²) in [4.78, 5) is 26.9. The zero-order valence-electron chi connectivity index (χ0n) is 16.3. The molecule has 2 amide bonds. The van der Waals surface area contributed by atoms with Crippen LogP contribution in [0.15, 0.2) is 65.6 Å². The first-order valence-corrected chi connectivity index (χ1v) is 10.5. The third-order valence-electron chi connectivity index (χ3n) is 4.56. The Hall–Kier alpha value is -2.70. The van der Waals surface area contributed by atoms with Crippen LogP contribution in [0.25, 0.3) is 6.08 Å². The van der Waals surface area contributed by atoms with Gasteiger partial charge in [-0.3, -0.25) is 14.5 Å². The van der Waals surface area contributed by atoms with E-state index < -0.39 is 0 Å². The maximum Gasteiger partial charge on any atom is 0.266 e. The number of carbonyl (C=O) groups is 2. The molecule has 0 saturated carbocycles. The normalized spacial score (nSPS) is 15.5. The second-order valence-electron chi connectivity index (χ2n) is 6.72. The van der Waals surface area contributed by atoms with Gasteiger partial charge in [-0.1, -0.05) is 72.5 Å². The number of allylic oxidation sites excluding steroid dienone is 2. The summed E-state index contributed by atoms with van der Waals surface area (Å²) in [6, 6.07) is 15.6. The van der Waals surface area contributed by atoms with E-state index in [1.807, 2.05) is 74.5 Å². The van der Waals surface area contributed by atoms with Gasteiger partial charge in [-0.25, -0.2) is 0 Å². The van der Waals surface area contributed by atoms with Crippen LogP contribution in [-0.4, -0.2) is 27.6 Å². The summed E-state index contributed by atoms with van der Waals surface area (Å²) in [7, 11) is 0. The lowest BCUT2D eigenvalue weighted by Crippen LogP contribution is -2.31. The summed E-state index contributed by atoms with van der Waals surface area (Å²) in [6.45, 7) is 4.30. The number of aryl methyl sites for hydroxylation is 2. The standard InChI is InChI=1S/C23H22N2O2S2/c1-16-11-12-19(15-17(16)2)24-21(26)13-14-25-22(27)20(29-23(25)28)10-6-9-18-7-4-3-5-8-18/h3-12,15H,13-14H2,1-2H3,(H,24,26). The minimum Gasteiger partial charge on any atom is -0.326 e. The number of nitrogens with zero attached hydrogens (tertiary/aromatic N) is 1. The lowest BCUT2D eigenvalue weighted by molar-refractivity contribution is -0.122. The number of rotatable bonds is 6. The molecule has 0 aromatic heterocycles. The van der Waals surface area contributed by atoms with Crippen LogP contribution >= 0.6 is 24.0 Å². The molecule has 4 nitrogen and oxygen atoms in total. The van der Waals surface area contributed by atoms with Gasteiger partial charge in [0.1, 0.15) is 4.32 Å². The van der Waals surface area contributed by atoms with Crippen LogP contribution in [0.1, 0.15) is 23.1 Å². The molecule has 6 heteroatoms. The molecule has 148 valence electrons. The molecule has 1 saturated heterocycles. The Kier molecular flexibility index (Phi) is 7.01. The van der Waals surface area contributed by atoms with Gasteiger partial charge in [0, 0.05) is 18.7 Å². The van der Waals surface area contributed by atoms with Crippen molar-refractivity contribution in [3.05, 3.63) is 82.3 Å². The predicted molar refractivity (Wildman–Crippen MR) is 125 cm³/mol. The van der Waals surface area contributed by atoms with E-state index in [1.165, 1.54) is 22.2 Å². The molecule has 1 aliphatic rings. The summed E-state index contributed by atoms with van der Waals surface area (Å²) in [5.74, 6) is -0.299. The second-order valence-corrected chi connectivity index (χ2v) is 8.40. The van der Waals surface area contributed by atoms with Crippen LogP contribution in [-0.2, 0) is 9.59 Å². The average molecular weight is 423 g/mol. The summed E-state index contributed by atoms with van der Waals surface area (Å²) in [5, 5.41) is 2.87. The van der Waals surface area contributed by atoms with Gasteiger partial charge in [-0.2, -0.15) is 0 Å². The number of anilines is 1. The van der Waals surface area contributed by atoms with E-state index in [0.717, 1.165) is 16.8 Å². The first-order chi connectivity index (χ1) is 13.9. The van der Waals surface area contributed by atoms with Crippen molar-refractivity contribution in [2.75, 3.05) is 11.9 Å². The molecule has 29 heavy (non-hydrogen) atoms. The second kappa shape index (κ2) is 9.67. The van der Waals surface area contributed by atoms with Crippen LogP contribution < -0.4 is 5.32 Å². The largest absolute Gasteiger partial charge is 0.326 e. The van der Waals surface area contributed by atoms with Gasteiger partial charge in [0.25, 0.3) is 5.91 Å². The summed E-state index contributed by atoms with van der Waals surface area (Å²) in [6.07, 6.45) is 5.73. The fraction of sp³-hybridized carbons (Fsp3) is 0.174. The maximum absolute atomic E-state index is 12.6. The van der Waals surface area contributed by atoms with Gasteiger partial charge in [-0.15, -0.1) is 0 Å². The Morgan fingerprint density at radius 1 is 1.14 bits per heavy atom. The molecule has 1 fully saturated rings. The van der Waals surface area contributed by atoms with Crippen LogP contribution in [0.4, 0.5) is 5.69 Å². The summed E-state index contributed by atoms with van der Waals surface area (Å²) >= 11 is 6.59. The number of benzene rings is 2. The van der Waals surface area contributed by atoms with Gasteiger partial charge in [0.2, 0.25) is 5.91 Å². The lowest BCUT2D eigenvalue weighted by Gasteiger charge is -2.14. The number of hydrogen-bond acceptors (Lipinski definition) is 4. The maximum atomic E-state index is 12.6. The minimum absolute atomic E-state index is 0.143. The lowest BCUT2D eigenvalue weighted by atomic mass is 10.1. The highest BCUT2D eigenvalue weighted by molar-refractivity contribution is 8.26. The molecule has 1 heterocycles. The minimum atomic E-state index is -0.156. The van der Waals surface area contributed by atoms with E-state index in [4.69, 9.17) is 12.2 Å². The van der Waals surface area contributed by atoms with E-state index in [0.29, 0.717) is 9.23 Å². The van der Waals surface area contributed by atoms with Crippen molar-refractivity contribution in [2.45, 2.75) is 20.3 Å². The molecule has 2 aromatic rings. The van der Waals surface area contributed by atoms with Crippen LogP contribution in [0.2, 0.25) is 0 Å². The number of hydrogen-bond donors (Lipinski definition) is 1. The zero-order valence-corrected chi connectivity index (χ0v) is 18.0. The number of thiocarbonyl (C=S) groups is 1. The molecule has 1 N–H and O–H groups in total. The van der Waals surface area contributed by atoms with Crippen molar-refractivity contribution in [1.29, 1.82) is 0 Å². The van der Waals surface area contributed by atoms with Gasteiger partial charge in [-0.05, 0) is 48.7 Å². The Morgan fingerprint density at radius 3 is 2.62 bits per heavy atom. The van der Waals surface area contributed by atoms with E-state index in [9.17, 15) is 9.59 Å². The summed E-state index contributed by atoms with van der Waals surface area (Å²) in [5.41, 5.74) is 4.11. The fourth-order valence-electron chi connectivity index (χ4n) is 2.77. The van der Waals surface area contributed by atoms with E-state index >= 15 is 0 Å². The van der Waals surface area contributed by atoms with E-state index in [-0.39, 0.29) is 24.8 Å². The SMILES string of the molecule is Cc1ccc(NC(=O)CCN2C(=O)C(=CC=Cc3ccccc3)SC2=S)cc1C. The molecule has 1 aliphatic heterocycles. The van der Waals surface area contributed by atoms with Crippen molar-refractivity contribution in [3.63, 3.8) is 0 Å². The van der Waals surface area contributed by atoms with Crippen LogP contribution in [0, 0.1) is 13.8 Å². The highest BCUT2D eigenvalue weighted by Gasteiger charge is 2.31. The van der Waals surface area contributed by atoms with E-state index in [2.05, 4.69) is 5.32 Å². The molecule has 0 atom stereocenters. The molecule has 0 spiro atoms. The van der Waals surface area contributed by atoms with Crippen molar-refractivity contribution < 1.29 is 9.59 Å². The molecule has 0 aliphatic carbocycles. The van der Waals surface area contributed by atoms with Gasteiger partial charge < -0.3 is 5.32 Å². The molecule has 0 radical (unpaired) electrons. The zero-order chi connectivity index (χ0) is 20.8. The number of nitrogens with one attached hydrogen (secondary N) is 1. The van der Waals surface area contributed by atoms with Gasteiger partial charge in [0.05, 0.1) is 4.91 Å². The fourth-order valence-corrected chi connectivity index (χ4v) is 4.03. The van der Waals surface area contributed by atoms with Crippen LogP contribution in [0.5, 0.6) is 0 Å². The Labute approximate surface area is 180 Å². The van der Waals surface area contributed by atoms with Gasteiger partial charge in [0.15, 0.2) is 0 Å².